The Morgan fingerprint density at radius 2 is 2.17 bits per heavy atom. The average Bonchev–Trinajstić information content (AvgIpc) is 2.44. The Kier molecular flexibility index (Phi) is 3.58. The topological polar surface area (TPSA) is 68.0 Å². The van der Waals surface area contributed by atoms with Crippen molar-refractivity contribution in [2.24, 2.45) is 5.73 Å². The molecule has 1 aromatic carbocycles. The smallest absolute Gasteiger partial charge is 0.251 e. The number of fused-ring (bicyclic) bond motifs is 1. The number of benzene rings is 1. The van der Waals surface area contributed by atoms with Crippen LogP contribution in [0.25, 0.3) is 10.9 Å². The highest BCUT2D eigenvalue weighted by Gasteiger charge is 2.14. The molecule has 4 heteroatoms. The Balaban J connectivity index is 2.68. The predicted molar refractivity (Wildman–Crippen MR) is 72.6 cm³/mol. The van der Waals surface area contributed by atoms with Crippen molar-refractivity contribution in [1.29, 1.82) is 0 Å². The van der Waals surface area contributed by atoms with E-state index >= 15 is 0 Å². The molecule has 0 saturated heterocycles. The van der Waals surface area contributed by atoms with Crippen LogP contribution in [-0.2, 0) is 0 Å². The summed E-state index contributed by atoms with van der Waals surface area (Å²) in [6.07, 6.45) is 0. The van der Waals surface area contributed by atoms with Crippen molar-refractivity contribution in [3.63, 3.8) is 0 Å². The fourth-order valence-corrected chi connectivity index (χ4v) is 1.89. The zero-order chi connectivity index (χ0) is 13.1. The van der Waals surface area contributed by atoms with Gasteiger partial charge in [-0.25, -0.2) is 0 Å². The van der Waals surface area contributed by atoms with Gasteiger partial charge in [-0.2, -0.15) is 0 Å². The van der Waals surface area contributed by atoms with E-state index in [4.69, 9.17) is 5.73 Å². The maximum atomic E-state index is 11.9. The van der Waals surface area contributed by atoms with Crippen molar-refractivity contribution < 1.29 is 4.79 Å². The van der Waals surface area contributed by atoms with Crippen molar-refractivity contribution in [3.05, 3.63) is 41.6 Å². The lowest BCUT2D eigenvalue weighted by Gasteiger charge is -2.12. The first-order valence-corrected chi connectivity index (χ1v) is 5.99. The summed E-state index contributed by atoms with van der Waals surface area (Å²) in [6.45, 7) is 2.52. The number of pyridine rings is 1. The number of nitrogens with one attached hydrogen (secondary N) is 1. The number of hydrogen-bond donors (Lipinski definition) is 2. The number of carbonyl (C=O) groups is 1. The maximum absolute atomic E-state index is 11.9. The minimum Gasteiger partial charge on any atom is -0.355 e. The van der Waals surface area contributed by atoms with Crippen LogP contribution in [0.1, 0.15) is 28.9 Å². The molecule has 0 unspecified atom stereocenters. The van der Waals surface area contributed by atoms with Gasteiger partial charge in [-0.1, -0.05) is 25.1 Å². The average molecular weight is 243 g/mol. The number of aromatic nitrogens is 1. The monoisotopic (exact) mass is 243 g/mol. The van der Waals surface area contributed by atoms with Crippen molar-refractivity contribution in [2.75, 3.05) is 13.6 Å². The summed E-state index contributed by atoms with van der Waals surface area (Å²) in [4.78, 5) is 16.5. The van der Waals surface area contributed by atoms with E-state index in [0.29, 0.717) is 12.1 Å². The molecule has 0 fully saturated rings. The van der Waals surface area contributed by atoms with Crippen LogP contribution < -0.4 is 11.1 Å². The van der Waals surface area contributed by atoms with Gasteiger partial charge in [-0.05, 0) is 12.1 Å². The van der Waals surface area contributed by atoms with Gasteiger partial charge in [-0.3, -0.25) is 9.78 Å². The third kappa shape index (κ3) is 2.19. The maximum Gasteiger partial charge on any atom is 0.251 e. The first kappa shape index (κ1) is 12.5. The van der Waals surface area contributed by atoms with Gasteiger partial charge in [-0.15, -0.1) is 0 Å². The Labute approximate surface area is 106 Å². The predicted octanol–water partition coefficient (Wildman–Crippen LogP) is 1.66. The summed E-state index contributed by atoms with van der Waals surface area (Å²) < 4.78 is 0. The molecule has 0 spiro atoms. The molecule has 2 aromatic rings. The Morgan fingerprint density at radius 1 is 1.44 bits per heavy atom. The first-order chi connectivity index (χ1) is 8.67. The van der Waals surface area contributed by atoms with Crippen molar-refractivity contribution >= 4 is 16.8 Å². The van der Waals surface area contributed by atoms with E-state index in [0.717, 1.165) is 16.6 Å². The number of nitrogens with two attached hydrogens (primary N) is 1. The van der Waals surface area contributed by atoms with Gasteiger partial charge < -0.3 is 11.1 Å². The Hall–Kier alpha value is -1.94. The van der Waals surface area contributed by atoms with Gasteiger partial charge in [0.1, 0.15) is 0 Å². The highest BCUT2D eigenvalue weighted by Crippen LogP contribution is 2.22. The molecule has 0 saturated carbocycles. The summed E-state index contributed by atoms with van der Waals surface area (Å²) in [5.74, 6) is 0.0390. The van der Waals surface area contributed by atoms with Crippen LogP contribution in [-0.4, -0.2) is 24.5 Å². The molecule has 4 nitrogen and oxygen atoms in total. The normalized spacial score (nSPS) is 12.4. The molecule has 0 radical (unpaired) electrons. The van der Waals surface area contributed by atoms with Crippen molar-refractivity contribution in [1.82, 2.24) is 10.3 Å². The van der Waals surface area contributed by atoms with Crippen LogP contribution in [0.3, 0.4) is 0 Å². The van der Waals surface area contributed by atoms with Gasteiger partial charge in [0.15, 0.2) is 0 Å². The summed E-state index contributed by atoms with van der Waals surface area (Å²) >= 11 is 0. The molecule has 0 aliphatic carbocycles. The quantitative estimate of drug-likeness (QED) is 0.861. The lowest BCUT2D eigenvalue weighted by atomic mass is 10.0. The minimum absolute atomic E-state index is 0.0981. The van der Waals surface area contributed by atoms with Gasteiger partial charge in [0.2, 0.25) is 0 Å². The number of rotatable bonds is 3. The van der Waals surface area contributed by atoms with E-state index in [2.05, 4.69) is 10.3 Å². The zero-order valence-electron chi connectivity index (χ0n) is 10.6. The highest BCUT2D eigenvalue weighted by molar-refractivity contribution is 6.06. The Morgan fingerprint density at radius 3 is 2.83 bits per heavy atom. The van der Waals surface area contributed by atoms with Crippen LogP contribution in [0.15, 0.2) is 30.3 Å². The molecule has 0 bridgehead atoms. The largest absolute Gasteiger partial charge is 0.355 e. The minimum atomic E-state index is -0.0981. The van der Waals surface area contributed by atoms with E-state index in [9.17, 15) is 4.79 Å². The standard InChI is InChI=1S/C14H17N3O/c1-9(8-15)13-7-11(14(18)16-2)10-5-3-4-6-12(10)17-13/h3-7,9H,8,15H2,1-2H3,(H,16,18)/t9-/m0/s1. The molecule has 0 aliphatic heterocycles. The summed E-state index contributed by atoms with van der Waals surface area (Å²) in [5.41, 5.74) is 8.00. The van der Waals surface area contributed by atoms with Gasteiger partial charge in [0.05, 0.1) is 11.1 Å². The fraction of sp³-hybridized carbons (Fsp3) is 0.286. The number of hydrogen-bond acceptors (Lipinski definition) is 3. The molecule has 94 valence electrons. The van der Waals surface area contributed by atoms with E-state index < -0.39 is 0 Å². The van der Waals surface area contributed by atoms with E-state index in [-0.39, 0.29) is 11.8 Å². The molecule has 0 aliphatic rings. The Bertz CT molecular complexity index is 580. The van der Waals surface area contributed by atoms with Crippen molar-refractivity contribution in [3.8, 4) is 0 Å². The molecule has 1 aromatic heterocycles. The second-order valence-electron chi connectivity index (χ2n) is 4.33. The second kappa shape index (κ2) is 5.14. The van der Waals surface area contributed by atoms with Crippen LogP contribution >= 0.6 is 0 Å². The highest BCUT2D eigenvalue weighted by atomic mass is 16.1. The van der Waals surface area contributed by atoms with Crippen molar-refractivity contribution in [2.45, 2.75) is 12.8 Å². The number of carbonyl (C=O) groups excluding carboxylic acids is 1. The molecule has 18 heavy (non-hydrogen) atoms. The molecule has 1 amide bonds. The fourth-order valence-electron chi connectivity index (χ4n) is 1.89. The lowest BCUT2D eigenvalue weighted by Crippen LogP contribution is -2.19. The second-order valence-corrected chi connectivity index (χ2v) is 4.33. The van der Waals surface area contributed by atoms with Gasteiger partial charge in [0, 0.05) is 30.6 Å². The summed E-state index contributed by atoms with van der Waals surface area (Å²) in [5, 5.41) is 3.53. The molecular weight excluding hydrogens is 226 g/mol. The SMILES string of the molecule is CNC(=O)c1cc([C@@H](C)CN)nc2ccccc12. The van der Waals surface area contributed by atoms with Gasteiger partial charge >= 0.3 is 0 Å². The molecular formula is C14H17N3O. The summed E-state index contributed by atoms with van der Waals surface area (Å²) in [6, 6.07) is 9.47. The van der Waals surface area contributed by atoms with E-state index in [1.54, 1.807) is 7.05 Å². The van der Waals surface area contributed by atoms with Crippen LogP contribution in [0.5, 0.6) is 0 Å². The van der Waals surface area contributed by atoms with Crippen LogP contribution in [0.2, 0.25) is 0 Å². The lowest BCUT2D eigenvalue weighted by molar-refractivity contribution is 0.0964. The summed E-state index contributed by atoms with van der Waals surface area (Å²) in [7, 11) is 1.63. The number of para-hydroxylation sites is 1. The first-order valence-electron chi connectivity index (χ1n) is 5.99. The molecule has 2 rings (SSSR count). The van der Waals surface area contributed by atoms with E-state index in [1.807, 2.05) is 37.3 Å². The number of nitrogens with zero attached hydrogens (tertiary/aromatic N) is 1. The zero-order valence-corrected chi connectivity index (χ0v) is 10.6. The van der Waals surface area contributed by atoms with E-state index in [1.165, 1.54) is 0 Å². The van der Waals surface area contributed by atoms with Crippen LogP contribution in [0.4, 0.5) is 0 Å². The van der Waals surface area contributed by atoms with Gasteiger partial charge in [0.25, 0.3) is 5.91 Å². The molecule has 3 N–H and O–H groups in total. The van der Waals surface area contributed by atoms with Crippen LogP contribution in [0, 0.1) is 0 Å². The number of amides is 1. The molecule has 1 atom stereocenters. The molecule has 1 heterocycles. The third-order valence-electron chi connectivity index (χ3n) is 3.07. The third-order valence-corrected chi connectivity index (χ3v) is 3.07.